The van der Waals surface area contributed by atoms with Crippen molar-refractivity contribution in [2.75, 3.05) is 12.8 Å². The smallest absolute Gasteiger partial charge is 0.205 e. The normalized spacial score (nSPS) is 10.9. The molecule has 0 aliphatic rings. The maximum atomic E-state index is 6.10. The lowest BCUT2D eigenvalue weighted by Gasteiger charge is -2.11. The van der Waals surface area contributed by atoms with E-state index in [0.717, 1.165) is 33.6 Å². The molecule has 20 heavy (non-hydrogen) atoms. The van der Waals surface area contributed by atoms with E-state index >= 15 is 0 Å². The quantitative estimate of drug-likeness (QED) is 0.775. The number of anilines is 1. The standard InChI is InChI=1S/C16H17N3O/c1-10-5-4-6-13-15(10)19(16(17)18-13)12-7-8-14(20-3)11(2)9-12/h4-9H,1-3H3,(H2,17,18). The lowest BCUT2D eigenvalue weighted by molar-refractivity contribution is 0.411. The van der Waals surface area contributed by atoms with Crippen molar-refractivity contribution in [2.45, 2.75) is 13.8 Å². The van der Waals surface area contributed by atoms with Crippen LogP contribution in [-0.4, -0.2) is 16.7 Å². The predicted molar refractivity (Wildman–Crippen MR) is 81.5 cm³/mol. The molecule has 0 bridgehead atoms. The van der Waals surface area contributed by atoms with Gasteiger partial charge in [-0.05, 0) is 49.2 Å². The van der Waals surface area contributed by atoms with Crippen molar-refractivity contribution in [3.8, 4) is 11.4 Å². The van der Waals surface area contributed by atoms with Gasteiger partial charge in [-0.15, -0.1) is 0 Å². The zero-order chi connectivity index (χ0) is 14.3. The van der Waals surface area contributed by atoms with E-state index in [4.69, 9.17) is 10.5 Å². The number of nitrogens with zero attached hydrogens (tertiary/aromatic N) is 2. The number of ether oxygens (including phenoxy) is 1. The highest BCUT2D eigenvalue weighted by Crippen LogP contribution is 2.28. The third-order valence-corrected chi connectivity index (χ3v) is 3.54. The van der Waals surface area contributed by atoms with Crippen LogP contribution in [0.25, 0.3) is 16.7 Å². The van der Waals surface area contributed by atoms with E-state index in [0.29, 0.717) is 5.95 Å². The molecule has 0 aliphatic carbocycles. The average molecular weight is 267 g/mol. The fourth-order valence-corrected chi connectivity index (χ4v) is 2.58. The Balaban J connectivity index is 2.29. The van der Waals surface area contributed by atoms with Crippen LogP contribution in [-0.2, 0) is 0 Å². The van der Waals surface area contributed by atoms with Crippen molar-refractivity contribution >= 4 is 17.0 Å². The highest BCUT2D eigenvalue weighted by molar-refractivity contribution is 5.83. The van der Waals surface area contributed by atoms with Gasteiger partial charge in [0.15, 0.2) is 0 Å². The Morgan fingerprint density at radius 2 is 1.90 bits per heavy atom. The van der Waals surface area contributed by atoms with Crippen LogP contribution in [0.3, 0.4) is 0 Å². The number of hydrogen-bond donors (Lipinski definition) is 1. The molecule has 4 nitrogen and oxygen atoms in total. The Kier molecular flexibility index (Phi) is 2.86. The average Bonchev–Trinajstić information content (AvgIpc) is 2.76. The van der Waals surface area contributed by atoms with Crippen LogP contribution in [0.1, 0.15) is 11.1 Å². The molecule has 0 amide bonds. The minimum Gasteiger partial charge on any atom is -0.496 e. The molecule has 4 heteroatoms. The molecule has 0 saturated heterocycles. The van der Waals surface area contributed by atoms with Gasteiger partial charge in [0, 0.05) is 5.69 Å². The van der Waals surface area contributed by atoms with Gasteiger partial charge in [-0.3, -0.25) is 4.57 Å². The summed E-state index contributed by atoms with van der Waals surface area (Å²) in [5.41, 5.74) is 11.3. The maximum absolute atomic E-state index is 6.10. The SMILES string of the molecule is COc1ccc(-n2c(N)nc3cccc(C)c32)cc1C. The van der Waals surface area contributed by atoms with Gasteiger partial charge in [0.05, 0.1) is 18.1 Å². The summed E-state index contributed by atoms with van der Waals surface area (Å²) >= 11 is 0. The molecule has 0 fully saturated rings. The van der Waals surface area contributed by atoms with Crippen molar-refractivity contribution < 1.29 is 4.74 Å². The van der Waals surface area contributed by atoms with Gasteiger partial charge in [-0.1, -0.05) is 12.1 Å². The first-order chi connectivity index (χ1) is 9.61. The summed E-state index contributed by atoms with van der Waals surface area (Å²) < 4.78 is 7.29. The first kappa shape index (κ1) is 12.5. The third-order valence-electron chi connectivity index (χ3n) is 3.54. The first-order valence-corrected chi connectivity index (χ1v) is 6.50. The van der Waals surface area contributed by atoms with Crippen LogP contribution >= 0.6 is 0 Å². The second-order valence-corrected chi connectivity index (χ2v) is 4.90. The van der Waals surface area contributed by atoms with Crippen LogP contribution in [0.5, 0.6) is 5.75 Å². The fraction of sp³-hybridized carbons (Fsp3) is 0.188. The van der Waals surface area contributed by atoms with Crippen LogP contribution in [0.2, 0.25) is 0 Å². The zero-order valence-electron chi connectivity index (χ0n) is 11.8. The number of methoxy groups -OCH3 is 1. The van der Waals surface area contributed by atoms with E-state index in [2.05, 4.69) is 24.0 Å². The van der Waals surface area contributed by atoms with E-state index in [-0.39, 0.29) is 0 Å². The Morgan fingerprint density at radius 1 is 1.10 bits per heavy atom. The number of hydrogen-bond acceptors (Lipinski definition) is 3. The number of rotatable bonds is 2. The molecule has 3 aromatic rings. The molecule has 0 spiro atoms. The summed E-state index contributed by atoms with van der Waals surface area (Å²) in [4.78, 5) is 4.43. The molecule has 2 aromatic carbocycles. The second-order valence-electron chi connectivity index (χ2n) is 4.90. The van der Waals surface area contributed by atoms with Crippen molar-refractivity contribution in [3.05, 3.63) is 47.5 Å². The summed E-state index contributed by atoms with van der Waals surface area (Å²) in [6.07, 6.45) is 0. The fourth-order valence-electron chi connectivity index (χ4n) is 2.58. The maximum Gasteiger partial charge on any atom is 0.205 e. The minimum absolute atomic E-state index is 0.499. The number of nitrogen functional groups attached to an aromatic ring is 1. The van der Waals surface area contributed by atoms with E-state index in [1.165, 1.54) is 0 Å². The molecule has 1 aromatic heterocycles. The summed E-state index contributed by atoms with van der Waals surface area (Å²) in [6.45, 7) is 4.08. The number of aryl methyl sites for hydroxylation is 2. The van der Waals surface area contributed by atoms with Crippen molar-refractivity contribution in [1.29, 1.82) is 0 Å². The number of para-hydroxylation sites is 1. The Hall–Kier alpha value is -2.49. The molecule has 2 N–H and O–H groups in total. The molecular weight excluding hydrogens is 250 g/mol. The largest absolute Gasteiger partial charge is 0.496 e. The Morgan fingerprint density at radius 3 is 2.60 bits per heavy atom. The van der Waals surface area contributed by atoms with Crippen LogP contribution in [0, 0.1) is 13.8 Å². The molecule has 0 radical (unpaired) electrons. The third kappa shape index (κ3) is 1.81. The minimum atomic E-state index is 0.499. The summed E-state index contributed by atoms with van der Waals surface area (Å²) in [7, 11) is 1.67. The van der Waals surface area contributed by atoms with E-state index in [1.54, 1.807) is 7.11 Å². The highest BCUT2D eigenvalue weighted by atomic mass is 16.5. The van der Waals surface area contributed by atoms with Gasteiger partial charge >= 0.3 is 0 Å². The Labute approximate surface area is 117 Å². The lowest BCUT2D eigenvalue weighted by atomic mass is 10.1. The van der Waals surface area contributed by atoms with Crippen LogP contribution in [0.15, 0.2) is 36.4 Å². The molecule has 0 unspecified atom stereocenters. The second kappa shape index (κ2) is 4.56. The molecular formula is C16H17N3O. The molecule has 102 valence electrons. The zero-order valence-corrected chi connectivity index (χ0v) is 11.8. The molecule has 0 aliphatic heterocycles. The monoisotopic (exact) mass is 267 g/mol. The number of imidazole rings is 1. The number of benzene rings is 2. The molecule has 0 atom stereocenters. The van der Waals surface area contributed by atoms with Gasteiger partial charge in [0.2, 0.25) is 5.95 Å². The van der Waals surface area contributed by atoms with E-state index in [9.17, 15) is 0 Å². The Bertz CT molecular complexity index is 790. The number of nitrogens with two attached hydrogens (primary N) is 1. The predicted octanol–water partition coefficient (Wildman–Crippen LogP) is 3.23. The van der Waals surface area contributed by atoms with Gasteiger partial charge in [-0.25, -0.2) is 4.98 Å². The number of fused-ring (bicyclic) bond motifs is 1. The summed E-state index contributed by atoms with van der Waals surface area (Å²) in [5.74, 6) is 1.37. The van der Waals surface area contributed by atoms with Crippen molar-refractivity contribution in [2.24, 2.45) is 0 Å². The number of aromatic nitrogens is 2. The van der Waals surface area contributed by atoms with Crippen molar-refractivity contribution in [3.63, 3.8) is 0 Å². The molecule has 0 saturated carbocycles. The molecule has 3 rings (SSSR count). The van der Waals surface area contributed by atoms with Gasteiger partial charge in [-0.2, -0.15) is 0 Å². The van der Waals surface area contributed by atoms with Crippen molar-refractivity contribution in [1.82, 2.24) is 9.55 Å². The summed E-state index contributed by atoms with van der Waals surface area (Å²) in [6, 6.07) is 12.0. The summed E-state index contributed by atoms with van der Waals surface area (Å²) in [5, 5.41) is 0. The highest BCUT2D eigenvalue weighted by Gasteiger charge is 2.12. The van der Waals surface area contributed by atoms with Gasteiger partial charge in [0.25, 0.3) is 0 Å². The van der Waals surface area contributed by atoms with Crippen LogP contribution < -0.4 is 10.5 Å². The molecule has 1 heterocycles. The first-order valence-electron chi connectivity index (χ1n) is 6.50. The van der Waals surface area contributed by atoms with Crippen LogP contribution in [0.4, 0.5) is 5.95 Å². The van der Waals surface area contributed by atoms with E-state index in [1.807, 2.05) is 35.8 Å². The van der Waals surface area contributed by atoms with E-state index < -0.39 is 0 Å². The van der Waals surface area contributed by atoms with Gasteiger partial charge < -0.3 is 10.5 Å². The topological polar surface area (TPSA) is 53.1 Å². The lowest BCUT2D eigenvalue weighted by Crippen LogP contribution is -2.02. The van der Waals surface area contributed by atoms with Gasteiger partial charge in [0.1, 0.15) is 5.75 Å².